The van der Waals surface area contributed by atoms with Gasteiger partial charge in [-0.3, -0.25) is 9.69 Å². The van der Waals surface area contributed by atoms with E-state index in [9.17, 15) is 4.79 Å². The first kappa shape index (κ1) is 22.5. The van der Waals surface area contributed by atoms with Crippen LogP contribution in [-0.2, 0) is 11.3 Å². The highest BCUT2D eigenvalue weighted by Gasteiger charge is 2.28. The van der Waals surface area contributed by atoms with Crippen LogP contribution in [0.1, 0.15) is 49.6 Å². The maximum absolute atomic E-state index is 13.1. The van der Waals surface area contributed by atoms with Gasteiger partial charge < -0.3 is 9.84 Å². The lowest BCUT2D eigenvalue weighted by atomic mass is 9.95. The van der Waals surface area contributed by atoms with Crippen LogP contribution < -0.4 is 5.32 Å². The Labute approximate surface area is 194 Å². The Bertz CT molecular complexity index is 1100. The van der Waals surface area contributed by atoms with Crippen molar-refractivity contribution < 1.29 is 9.32 Å². The van der Waals surface area contributed by atoms with Gasteiger partial charge in [-0.2, -0.15) is 4.98 Å². The summed E-state index contributed by atoms with van der Waals surface area (Å²) in [6.45, 7) is 8.42. The van der Waals surface area contributed by atoms with Gasteiger partial charge in [0, 0.05) is 17.8 Å². The largest absolute Gasteiger partial charge is 0.338 e. The molecule has 1 saturated heterocycles. The Morgan fingerprint density at radius 1 is 1.25 bits per heavy atom. The number of piperidine rings is 1. The van der Waals surface area contributed by atoms with E-state index in [-0.39, 0.29) is 11.8 Å². The normalized spacial score (nSPS) is 17.0. The number of hydrogen-bond acceptors (Lipinski definition) is 5. The lowest BCUT2D eigenvalue weighted by molar-refractivity contribution is -0.121. The first-order valence-corrected chi connectivity index (χ1v) is 11.5. The quantitative estimate of drug-likeness (QED) is 0.521. The lowest BCUT2D eigenvalue weighted by Crippen LogP contribution is -2.40. The number of nitrogens with zero attached hydrogens (tertiary/aromatic N) is 3. The zero-order valence-electron chi connectivity index (χ0n) is 18.8. The van der Waals surface area contributed by atoms with Gasteiger partial charge >= 0.3 is 0 Å². The number of para-hydroxylation sites is 1. The molecule has 32 heavy (non-hydrogen) atoms. The molecule has 1 aliphatic heterocycles. The Balaban J connectivity index is 1.41. The Morgan fingerprint density at radius 3 is 2.84 bits per heavy atom. The third kappa shape index (κ3) is 5.03. The topological polar surface area (TPSA) is 71.3 Å². The summed E-state index contributed by atoms with van der Waals surface area (Å²) in [7, 11) is 0. The smallest absolute Gasteiger partial charge is 0.241 e. The summed E-state index contributed by atoms with van der Waals surface area (Å²) in [5.41, 5.74) is 3.96. The van der Waals surface area contributed by atoms with Crippen molar-refractivity contribution in [2.45, 2.75) is 46.1 Å². The van der Waals surface area contributed by atoms with E-state index in [1.54, 1.807) is 6.07 Å². The number of benzene rings is 2. The third-order valence-electron chi connectivity index (χ3n) is 5.99. The zero-order chi connectivity index (χ0) is 22.7. The van der Waals surface area contributed by atoms with Crippen LogP contribution in [0.25, 0.3) is 11.4 Å². The van der Waals surface area contributed by atoms with E-state index in [0.29, 0.717) is 35.7 Å². The number of rotatable bonds is 6. The van der Waals surface area contributed by atoms with E-state index < -0.39 is 0 Å². The molecule has 1 atom stereocenters. The minimum absolute atomic E-state index is 0.0747. The second-order valence-electron chi connectivity index (χ2n) is 8.75. The predicted octanol–water partition coefficient (Wildman–Crippen LogP) is 5.67. The maximum atomic E-state index is 13.1. The fourth-order valence-electron chi connectivity index (χ4n) is 4.24. The first-order valence-electron chi connectivity index (χ1n) is 11.1. The summed E-state index contributed by atoms with van der Waals surface area (Å²) in [5.74, 6) is 1.36. The minimum Gasteiger partial charge on any atom is -0.338 e. The fourth-order valence-corrected chi connectivity index (χ4v) is 4.46. The number of carbonyl (C=O) groups is 1. The van der Waals surface area contributed by atoms with E-state index in [4.69, 9.17) is 16.1 Å². The van der Waals surface area contributed by atoms with Gasteiger partial charge in [0.25, 0.3) is 0 Å². The summed E-state index contributed by atoms with van der Waals surface area (Å²) in [6, 6.07) is 13.6. The average molecular weight is 453 g/mol. The fraction of sp³-hybridized carbons (Fsp3) is 0.400. The predicted molar refractivity (Wildman–Crippen MR) is 127 cm³/mol. The molecule has 1 aliphatic rings. The molecule has 2 aromatic carbocycles. The second-order valence-corrected chi connectivity index (χ2v) is 9.16. The number of amides is 1. The zero-order valence-corrected chi connectivity index (χ0v) is 19.5. The van der Waals surface area contributed by atoms with E-state index >= 15 is 0 Å². The molecule has 3 aromatic rings. The monoisotopic (exact) mass is 452 g/mol. The summed E-state index contributed by atoms with van der Waals surface area (Å²) < 4.78 is 5.46. The Morgan fingerprint density at radius 2 is 2.06 bits per heavy atom. The van der Waals surface area contributed by atoms with Crippen molar-refractivity contribution >= 4 is 23.2 Å². The molecule has 1 aromatic heterocycles. The molecule has 0 radical (unpaired) electrons. The van der Waals surface area contributed by atoms with E-state index in [2.05, 4.69) is 40.3 Å². The molecule has 0 saturated carbocycles. The molecule has 0 aliphatic carbocycles. The van der Waals surface area contributed by atoms with Crippen LogP contribution in [-0.4, -0.2) is 34.0 Å². The maximum Gasteiger partial charge on any atom is 0.241 e. The molecule has 0 spiro atoms. The molecule has 1 N–H and O–H groups in total. The molecule has 2 heterocycles. The van der Waals surface area contributed by atoms with Gasteiger partial charge in [-0.15, -0.1) is 0 Å². The summed E-state index contributed by atoms with van der Waals surface area (Å²) in [5, 5.41) is 7.89. The number of likely N-dealkylation sites (tertiary alicyclic amines) is 1. The number of aryl methyl sites for hydroxylation is 1. The molecule has 1 amide bonds. The SMILES string of the molecule is Cc1cccc(C(C)C)c1NC(=O)C1CCCN(Cc2nc(-c3ccccc3Cl)no2)C1. The van der Waals surface area contributed by atoms with Crippen molar-refractivity contribution in [3.63, 3.8) is 0 Å². The standard InChI is InChI=1S/C25H29ClN4O2/c1-16(2)19-11-6-8-17(3)23(19)28-25(31)18-9-7-13-30(14-18)15-22-27-24(29-32-22)20-10-4-5-12-21(20)26/h4-6,8,10-12,16,18H,7,9,13-15H2,1-3H3,(H,28,31). The Kier molecular flexibility index (Phi) is 6.92. The van der Waals surface area contributed by atoms with Gasteiger partial charge in [0.1, 0.15) is 0 Å². The van der Waals surface area contributed by atoms with Crippen LogP contribution in [0.15, 0.2) is 47.0 Å². The molecule has 1 fully saturated rings. The molecule has 6 nitrogen and oxygen atoms in total. The average Bonchev–Trinajstić information content (AvgIpc) is 3.23. The second kappa shape index (κ2) is 9.84. The first-order chi connectivity index (χ1) is 15.4. The van der Waals surface area contributed by atoms with Crippen molar-refractivity contribution in [2.75, 3.05) is 18.4 Å². The molecular weight excluding hydrogens is 424 g/mol. The van der Waals surface area contributed by atoms with Crippen LogP contribution in [0.2, 0.25) is 5.02 Å². The number of halogens is 1. The number of aromatic nitrogens is 2. The minimum atomic E-state index is -0.0747. The van der Waals surface area contributed by atoms with Crippen LogP contribution in [0.5, 0.6) is 0 Å². The van der Waals surface area contributed by atoms with Crippen LogP contribution >= 0.6 is 11.6 Å². The highest BCUT2D eigenvalue weighted by atomic mass is 35.5. The number of anilines is 1. The van der Waals surface area contributed by atoms with Crippen molar-refractivity contribution in [1.29, 1.82) is 0 Å². The molecule has 168 valence electrons. The van der Waals surface area contributed by atoms with Crippen LogP contribution in [0.4, 0.5) is 5.69 Å². The van der Waals surface area contributed by atoms with Crippen LogP contribution in [0, 0.1) is 12.8 Å². The summed E-state index contributed by atoms with van der Waals surface area (Å²) in [6.07, 6.45) is 1.83. The Hall–Kier alpha value is -2.70. The van der Waals surface area contributed by atoms with Crippen LogP contribution in [0.3, 0.4) is 0 Å². The molecule has 4 rings (SSSR count). The van der Waals surface area contributed by atoms with E-state index in [0.717, 1.165) is 36.2 Å². The molecular formula is C25H29ClN4O2. The van der Waals surface area contributed by atoms with Gasteiger partial charge in [-0.1, -0.05) is 60.9 Å². The van der Waals surface area contributed by atoms with Crippen molar-refractivity contribution in [1.82, 2.24) is 15.0 Å². The van der Waals surface area contributed by atoms with Gasteiger partial charge in [0.2, 0.25) is 17.6 Å². The van der Waals surface area contributed by atoms with E-state index in [1.807, 2.05) is 37.3 Å². The molecule has 1 unspecified atom stereocenters. The highest BCUT2D eigenvalue weighted by molar-refractivity contribution is 6.33. The third-order valence-corrected chi connectivity index (χ3v) is 6.32. The number of nitrogens with one attached hydrogen (secondary N) is 1. The number of carbonyl (C=O) groups excluding carboxylic acids is 1. The summed E-state index contributed by atoms with van der Waals surface area (Å²) >= 11 is 6.25. The number of hydrogen-bond donors (Lipinski definition) is 1. The molecule has 0 bridgehead atoms. The van der Waals surface area contributed by atoms with Gasteiger partial charge in [0.05, 0.1) is 17.5 Å². The summed E-state index contributed by atoms with van der Waals surface area (Å²) in [4.78, 5) is 19.8. The highest BCUT2D eigenvalue weighted by Crippen LogP contribution is 2.29. The van der Waals surface area contributed by atoms with Crippen molar-refractivity contribution in [3.8, 4) is 11.4 Å². The van der Waals surface area contributed by atoms with Gasteiger partial charge in [0.15, 0.2) is 0 Å². The van der Waals surface area contributed by atoms with E-state index in [1.165, 1.54) is 5.56 Å². The van der Waals surface area contributed by atoms with Gasteiger partial charge in [-0.05, 0) is 55.5 Å². The van der Waals surface area contributed by atoms with Gasteiger partial charge in [-0.25, -0.2) is 0 Å². The lowest BCUT2D eigenvalue weighted by Gasteiger charge is -2.31. The van der Waals surface area contributed by atoms with Crippen molar-refractivity contribution in [2.24, 2.45) is 5.92 Å². The molecule has 7 heteroatoms. The van der Waals surface area contributed by atoms with Crippen molar-refractivity contribution in [3.05, 3.63) is 64.5 Å².